The van der Waals surface area contributed by atoms with Crippen molar-refractivity contribution in [2.24, 2.45) is 5.92 Å². The van der Waals surface area contributed by atoms with Crippen LogP contribution in [0.25, 0.3) is 10.9 Å². The molecule has 2 aliphatic heterocycles. The van der Waals surface area contributed by atoms with E-state index in [9.17, 15) is 14.7 Å². The lowest BCUT2D eigenvalue weighted by molar-refractivity contribution is -0.141. The van der Waals surface area contributed by atoms with Gasteiger partial charge in [0.25, 0.3) is 5.91 Å². The number of likely N-dealkylation sites (tertiary alicyclic amines) is 1. The second-order valence-corrected chi connectivity index (χ2v) is 6.72. The summed E-state index contributed by atoms with van der Waals surface area (Å²) in [6.45, 7) is 1.92. The fourth-order valence-electron chi connectivity index (χ4n) is 3.82. The Morgan fingerprint density at radius 3 is 3.12 bits per heavy atom. The highest BCUT2D eigenvalue weighted by molar-refractivity contribution is 6.38. The molecule has 0 spiro atoms. The van der Waals surface area contributed by atoms with Crippen LogP contribution in [-0.2, 0) is 9.53 Å². The van der Waals surface area contributed by atoms with Gasteiger partial charge in [-0.2, -0.15) is 5.10 Å². The van der Waals surface area contributed by atoms with E-state index in [1.54, 1.807) is 12.1 Å². The van der Waals surface area contributed by atoms with Gasteiger partial charge in [-0.05, 0) is 25.5 Å². The fourth-order valence-corrected chi connectivity index (χ4v) is 4.20. The van der Waals surface area contributed by atoms with Gasteiger partial charge in [0.15, 0.2) is 0 Å². The minimum Gasteiger partial charge on any atom is -0.463 e. The van der Waals surface area contributed by atoms with Gasteiger partial charge in [0.1, 0.15) is 12.1 Å². The van der Waals surface area contributed by atoms with Crippen LogP contribution in [0.5, 0.6) is 0 Å². The molecule has 2 saturated heterocycles. The molecule has 7 nitrogen and oxygen atoms in total. The van der Waals surface area contributed by atoms with Crippen LogP contribution in [0.4, 0.5) is 0 Å². The number of nitrogens with one attached hydrogen (secondary N) is 1. The van der Waals surface area contributed by atoms with Crippen LogP contribution < -0.4 is 0 Å². The minimum atomic E-state index is -0.988. The van der Waals surface area contributed by atoms with E-state index in [0.717, 1.165) is 5.69 Å². The van der Waals surface area contributed by atoms with Crippen LogP contribution in [0.3, 0.4) is 0 Å². The van der Waals surface area contributed by atoms with Gasteiger partial charge in [0, 0.05) is 17.6 Å². The first kappa shape index (κ1) is 15.4. The van der Waals surface area contributed by atoms with Crippen molar-refractivity contribution in [3.05, 3.63) is 28.4 Å². The third-order valence-corrected chi connectivity index (χ3v) is 5.56. The summed E-state index contributed by atoms with van der Waals surface area (Å²) in [6, 6.07) is 3.36. The summed E-state index contributed by atoms with van der Waals surface area (Å²) in [4.78, 5) is 26.5. The topological polar surface area (TPSA) is 95.5 Å². The van der Waals surface area contributed by atoms with Gasteiger partial charge in [-0.3, -0.25) is 14.7 Å². The maximum absolute atomic E-state index is 13.1. The number of rotatable bonds is 2. The second kappa shape index (κ2) is 5.19. The number of nitrogens with zero attached hydrogens (tertiary/aromatic N) is 2. The monoisotopic (exact) mass is 349 g/mol. The Kier molecular flexibility index (Phi) is 3.33. The number of aliphatic hydroxyl groups is 1. The lowest BCUT2D eigenvalue weighted by atomic mass is 9.88. The normalized spacial score (nSPS) is 26.0. The van der Waals surface area contributed by atoms with Crippen LogP contribution in [0, 0.1) is 12.8 Å². The number of esters is 1. The molecule has 4 rings (SSSR count). The summed E-state index contributed by atoms with van der Waals surface area (Å²) in [6.07, 6.45) is 0.482. The quantitative estimate of drug-likeness (QED) is 0.796. The lowest BCUT2D eigenvalue weighted by Crippen LogP contribution is -2.54. The molecule has 8 heteroatoms. The third kappa shape index (κ3) is 1.85. The van der Waals surface area contributed by atoms with Crippen molar-refractivity contribution in [3.63, 3.8) is 0 Å². The van der Waals surface area contributed by atoms with E-state index in [4.69, 9.17) is 16.3 Å². The number of aromatic nitrogens is 2. The molecule has 0 unspecified atom stereocenters. The predicted octanol–water partition coefficient (Wildman–Crippen LogP) is 1.27. The fraction of sp³-hybridized carbons (Fsp3) is 0.438. The Morgan fingerprint density at radius 2 is 2.38 bits per heavy atom. The van der Waals surface area contributed by atoms with Gasteiger partial charge in [-0.1, -0.05) is 11.6 Å². The summed E-state index contributed by atoms with van der Waals surface area (Å²) >= 11 is 6.45. The van der Waals surface area contributed by atoms with Crippen molar-refractivity contribution in [1.82, 2.24) is 15.1 Å². The minimum absolute atomic E-state index is 0.0172. The molecule has 3 heterocycles. The standard InChI is InChI=1S/C16H16ClN3O4/c1-8-12-11(19-18-8)3-2-9(13(12)17)14(22)20-5-4-10-15(23)24-7-16(10,20)6-21/h2-3,10,21H,4-7H2,1H3,(H,18,19)/t10-,16+/m1/s1. The molecular formula is C16H16ClN3O4. The predicted molar refractivity (Wildman–Crippen MR) is 85.8 cm³/mol. The van der Waals surface area contributed by atoms with Gasteiger partial charge >= 0.3 is 5.97 Å². The average Bonchev–Trinajstić information content (AvgIpc) is 3.22. The Bertz CT molecular complexity index is 864. The number of cyclic esters (lactones) is 1. The van der Waals surface area contributed by atoms with E-state index in [1.165, 1.54) is 4.90 Å². The summed E-state index contributed by atoms with van der Waals surface area (Å²) in [7, 11) is 0. The number of H-pyrrole nitrogens is 1. The summed E-state index contributed by atoms with van der Waals surface area (Å²) in [5, 5.41) is 17.9. The molecule has 0 radical (unpaired) electrons. The number of aromatic amines is 1. The summed E-state index contributed by atoms with van der Waals surface area (Å²) in [5.74, 6) is -1.14. The first-order valence-electron chi connectivity index (χ1n) is 7.72. The molecule has 2 N–H and O–H groups in total. The molecule has 2 fully saturated rings. The van der Waals surface area contributed by atoms with Crippen molar-refractivity contribution in [2.45, 2.75) is 18.9 Å². The molecule has 126 valence electrons. The number of benzene rings is 1. The number of halogens is 1. The van der Waals surface area contributed by atoms with E-state index >= 15 is 0 Å². The van der Waals surface area contributed by atoms with Gasteiger partial charge in [-0.15, -0.1) is 0 Å². The van der Waals surface area contributed by atoms with Crippen molar-refractivity contribution in [3.8, 4) is 0 Å². The van der Waals surface area contributed by atoms with Gasteiger partial charge in [0.05, 0.1) is 28.6 Å². The molecule has 2 atom stereocenters. The molecule has 24 heavy (non-hydrogen) atoms. The van der Waals surface area contributed by atoms with E-state index in [2.05, 4.69) is 10.2 Å². The molecule has 1 aromatic heterocycles. The third-order valence-electron chi connectivity index (χ3n) is 5.16. The number of aryl methyl sites for hydroxylation is 1. The number of carbonyl (C=O) groups excluding carboxylic acids is 2. The number of ether oxygens (including phenoxy) is 1. The van der Waals surface area contributed by atoms with E-state index in [-0.39, 0.29) is 25.1 Å². The van der Waals surface area contributed by atoms with Gasteiger partial charge in [0.2, 0.25) is 0 Å². The van der Waals surface area contributed by atoms with Crippen LogP contribution >= 0.6 is 11.6 Å². The Balaban J connectivity index is 1.78. The zero-order valence-electron chi connectivity index (χ0n) is 13.0. The Morgan fingerprint density at radius 1 is 1.58 bits per heavy atom. The highest BCUT2D eigenvalue weighted by Gasteiger charge is 2.59. The number of hydrogen-bond donors (Lipinski definition) is 2. The maximum atomic E-state index is 13.1. The highest BCUT2D eigenvalue weighted by Crippen LogP contribution is 2.42. The van der Waals surface area contributed by atoms with Crippen LogP contribution in [0.2, 0.25) is 5.02 Å². The van der Waals surface area contributed by atoms with E-state index in [1.807, 2.05) is 6.92 Å². The smallest absolute Gasteiger partial charge is 0.311 e. The number of fused-ring (bicyclic) bond motifs is 2. The summed E-state index contributed by atoms with van der Waals surface area (Å²) in [5.41, 5.74) is 0.809. The molecule has 1 aromatic carbocycles. The SMILES string of the molecule is Cc1[nH]nc2ccc(C(=O)N3CC[C@@H]4C(=O)OC[C@@]43CO)c(Cl)c12. The molecule has 2 aliphatic rings. The van der Waals surface area contributed by atoms with Crippen LogP contribution in [0.15, 0.2) is 12.1 Å². The molecule has 0 saturated carbocycles. The number of carbonyl (C=O) groups is 2. The largest absolute Gasteiger partial charge is 0.463 e. The zero-order chi connectivity index (χ0) is 17.1. The number of hydrogen-bond acceptors (Lipinski definition) is 5. The van der Waals surface area contributed by atoms with Crippen LogP contribution in [-0.4, -0.2) is 57.4 Å². The zero-order valence-corrected chi connectivity index (χ0v) is 13.8. The average molecular weight is 350 g/mol. The van der Waals surface area contributed by atoms with E-state index in [0.29, 0.717) is 34.5 Å². The lowest BCUT2D eigenvalue weighted by Gasteiger charge is -2.34. The summed E-state index contributed by atoms with van der Waals surface area (Å²) < 4.78 is 5.10. The van der Waals surface area contributed by atoms with Crippen molar-refractivity contribution in [1.29, 1.82) is 0 Å². The van der Waals surface area contributed by atoms with Gasteiger partial charge < -0.3 is 14.7 Å². The first-order chi connectivity index (χ1) is 11.5. The Labute approximate surface area is 142 Å². The molecule has 0 bridgehead atoms. The van der Waals surface area contributed by atoms with Crippen molar-refractivity contribution in [2.75, 3.05) is 19.8 Å². The molecule has 0 aliphatic carbocycles. The number of amides is 1. The first-order valence-corrected chi connectivity index (χ1v) is 8.10. The second-order valence-electron chi connectivity index (χ2n) is 6.34. The molecule has 1 amide bonds. The van der Waals surface area contributed by atoms with Crippen molar-refractivity contribution < 1.29 is 19.4 Å². The number of aliphatic hydroxyl groups excluding tert-OH is 1. The van der Waals surface area contributed by atoms with Crippen molar-refractivity contribution >= 4 is 34.4 Å². The van der Waals surface area contributed by atoms with Crippen LogP contribution in [0.1, 0.15) is 22.5 Å². The molecule has 2 aromatic rings. The Hall–Kier alpha value is -2.12. The maximum Gasteiger partial charge on any atom is 0.311 e. The molecular weight excluding hydrogens is 334 g/mol. The van der Waals surface area contributed by atoms with E-state index < -0.39 is 11.5 Å². The highest BCUT2D eigenvalue weighted by atomic mass is 35.5. The van der Waals surface area contributed by atoms with Gasteiger partial charge in [-0.25, -0.2) is 0 Å².